The zero-order valence-corrected chi connectivity index (χ0v) is 14.3. The van der Waals surface area contributed by atoms with Gasteiger partial charge >= 0.3 is 11.9 Å². The predicted octanol–water partition coefficient (Wildman–Crippen LogP) is 2.18. The average Bonchev–Trinajstić information content (AvgIpc) is 2.60. The van der Waals surface area contributed by atoms with E-state index in [0.29, 0.717) is 31.7 Å². The highest BCUT2D eigenvalue weighted by molar-refractivity contribution is 5.98. The predicted molar refractivity (Wildman–Crippen MR) is 91.5 cm³/mol. The van der Waals surface area contributed by atoms with E-state index >= 15 is 0 Å². The maximum absolute atomic E-state index is 12.6. The Kier molecular flexibility index (Phi) is 5.31. The lowest BCUT2D eigenvalue weighted by Gasteiger charge is -2.31. The molecule has 0 spiro atoms. The van der Waals surface area contributed by atoms with Crippen molar-refractivity contribution >= 4 is 5.78 Å². The highest BCUT2D eigenvalue weighted by Crippen LogP contribution is 2.30. The highest BCUT2D eigenvalue weighted by atomic mass is 19.4. The number of nitrogens with one attached hydrogen (secondary N) is 2. The van der Waals surface area contributed by atoms with E-state index in [1.54, 1.807) is 0 Å². The number of H-pyrrole nitrogens is 2. The number of halogens is 3. The standard InChI is InChI=1S/C18H18F3N3O3/c19-18(20,21)13-5-3-11(4-6-13)16(26)12-2-1-7-24(9-12)10-14-8-15(25)23-17(27)22-14/h3-6,8,12H,1-2,7,9-10H2,(H2,22,23,25,27)/t12-/m0/s1. The number of rotatable bonds is 4. The number of nitrogens with zero attached hydrogens (tertiary/aromatic N) is 1. The van der Waals surface area contributed by atoms with Crippen molar-refractivity contribution in [2.75, 3.05) is 13.1 Å². The Morgan fingerprint density at radius 1 is 1.15 bits per heavy atom. The maximum Gasteiger partial charge on any atom is 0.416 e. The molecule has 0 radical (unpaired) electrons. The molecule has 1 aliphatic heterocycles. The molecule has 0 bridgehead atoms. The Morgan fingerprint density at radius 2 is 1.85 bits per heavy atom. The van der Waals surface area contributed by atoms with Crippen LogP contribution in [0.5, 0.6) is 0 Å². The Balaban J connectivity index is 1.69. The van der Waals surface area contributed by atoms with Crippen LogP contribution >= 0.6 is 0 Å². The van der Waals surface area contributed by atoms with E-state index < -0.39 is 23.0 Å². The number of Topliss-reactive ketones (excluding diaryl/α,β-unsaturated/α-hetero) is 1. The second kappa shape index (κ2) is 7.51. The molecule has 27 heavy (non-hydrogen) atoms. The third kappa shape index (κ3) is 4.73. The van der Waals surface area contributed by atoms with Gasteiger partial charge in [-0.3, -0.25) is 19.5 Å². The molecular weight excluding hydrogens is 363 g/mol. The van der Waals surface area contributed by atoms with Crippen molar-refractivity contribution < 1.29 is 18.0 Å². The molecule has 1 atom stereocenters. The Hall–Kier alpha value is -2.68. The van der Waals surface area contributed by atoms with E-state index in [9.17, 15) is 27.6 Å². The van der Waals surface area contributed by atoms with E-state index in [1.807, 2.05) is 4.90 Å². The SMILES string of the molecule is O=C(c1ccc(C(F)(F)F)cc1)[C@H]1CCCN(Cc2cc(=O)[nH]c(=O)[nH]2)C1. The number of carbonyl (C=O) groups excluding carboxylic acids is 1. The first kappa shape index (κ1) is 19.1. The van der Waals surface area contributed by atoms with Gasteiger partial charge in [0.25, 0.3) is 5.56 Å². The topological polar surface area (TPSA) is 86.0 Å². The second-order valence-electron chi connectivity index (χ2n) is 6.63. The van der Waals surface area contributed by atoms with Crippen LogP contribution in [0.3, 0.4) is 0 Å². The van der Waals surface area contributed by atoms with E-state index in [0.717, 1.165) is 18.6 Å². The number of piperidine rings is 1. The molecule has 0 amide bonds. The summed E-state index contributed by atoms with van der Waals surface area (Å²) in [7, 11) is 0. The normalized spacial score (nSPS) is 18.4. The van der Waals surface area contributed by atoms with Gasteiger partial charge in [-0.2, -0.15) is 13.2 Å². The molecule has 2 aromatic rings. The number of hydrogen-bond acceptors (Lipinski definition) is 4. The van der Waals surface area contributed by atoms with Crippen LogP contribution in [-0.2, 0) is 12.7 Å². The lowest BCUT2D eigenvalue weighted by Crippen LogP contribution is -2.39. The van der Waals surface area contributed by atoms with Crippen molar-refractivity contribution in [1.29, 1.82) is 0 Å². The minimum atomic E-state index is -4.44. The molecule has 1 fully saturated rings. The number of carbonyl (C=O) groups is 1. The molecule has 1 aromatic carbocycles. The molecule has 0 aliphatic carbocycles. The first-order valence-corrected chi connectivity index (χ1v) is 8.49. The average molecular weight is 381 g/mol. The highest BCUT2D eigenvalue weighted by Gasteiger charge is 2.31. The van der Waals surface area contributed by atoms with E-state index in [-0.39, 0.29) is 17.3 Å². The summed E-state index contributed by atoms with van der Waals surface area (Å²) in [6.45, 7) is 1.43. The summed E-state index contributed by atoms with van der Waals surface area (Å²) < 4.78 is 37.9. The fraction of sp³-hybridized carbons (Fsp3) is 0.389. The number of aromatic amines is 2. The zero-order valence-electron chi connectivity index (χ0n) is 14.3. The molecule has 1 aromatic heterocycles. The van der Waals surface area contributed by atoms with E-state index in [2.05, 4.69) is 9.97 Å². The van der Waals surface area contributed by atoms with Crippen LogP contribution in [0.25, 0.3) is 0 Å². The van der Waals surface area contributed by atoms with Gasteiger partial charge in [0.05, 0.1) is 5.56 Å². The first-order valence-electron chi connectivity index (χ1n) is 8.49. The van der Waals surface area contributed by atoms with Crippen LogP contribution < -0.4 is 11.2 Å². The molecular formula is C18H18F3N3O3. The Bertz CT molecular complexity index is 903. The first-order chi connectivity index (χ1) is 12.7. The molecule has 3 rings (SSSR count). The van der Waals surface area contributed by atoms with Crippen LogP contribution in [0, 0.1) is 5.92 Å². The van der Waals surface area contributed by atoms with E-state index in [1.165, 1.54) is 18.2 Å². The molecule has 2 heterocycles. The number of hydrogen-bond donors (Lipinski definition) is 2. The van der Waals surface area contributed by atoms with Gasteiger partial charge in [0.2, 0.25) is 0 Å². The summed E-state index contributed by atoms with van der Waals surface area (Å²) in [5.41, 5.74) is -1.18. The number of aromatic nitrogens is 2. The van der Waals surface area contributed by atoms with Gasteiger partial charge in [-0.25, -0.2) is 4.79 Å². The van der Waals surface area contributed by atoms with Gasteiger partial charge in [-0.1, -0.05) is 12.1 Å². The molecule has 2 N–H and O–H groups in total. The summed E-state index contributed by atoms with van der Waals surface area (Å²) in [6, 6.07) is 5.53. The number of likely N-dealkylation sites (tertiary alicyclic amines) is 1. The summed E-state index contributed by atoms with van der Waals surface area (Å²) in [5, 5.41) is 0. The number of ketones is 1. The summed E-state index contributed by atoms with van der Waals surface area (Å²) >= 11 is 0. The molecule has 6 nitrogen and oxygen atoms in total. The molecule has 1 aliphatic rings. The van der Waals surface area contributed by atoms with Crippen molar-refractivity contribution in [2.24, 2.45) is 5.92 Å². The zero-order chi connectivity index (χ0) is 19.6. The summed E-state index contributed by atoms with van der Waals surface area (Å²) in [4.78, 5) is 42.0. The smallest absolute Gasteiger partial charge is 0.310 e. The lowest BCUT2D eigenvalue weighted by molar-refractivity contribution is -0.137. The van der Waals surface area contributed by atoms with Gasteiger partial charge in [0, 0.05) is 36.3 Å². The summed E-state index contributed by atoms with van der Waals surface area (Å²) in [6.07, 6.45) is -3.06. The summed E-state index contributed by atoms with van der Waals surface area (Å²) in [5.74, 6) is -0.544. The van der Waals surface area contributed by atoms with Crippen LogP contribution in [0.15, 0.2) is 39.9 Å². The largest absolute Gasteiger partial charge is 0.416 e. The molecule has 9 heteroatoms. The van der Waals surface area contributed by atoms with Crippen LogP contribution in [0.2, 0.25) is 0 Å². The van der Waals surface area contributed by atoms with Crippen LogP contribution in [-0.4, -0.2) is 33.7 Å². The second-order valence-corrected chi connectivity index (χ2v) is 6.63. The van der Waals surface area contributed by atoms with Gasteiger partial charge in [0.1, 0.15) is 0 Å². The van der Waals surface area contributed by atoms with Crippen LogP contribution in [0.1, 0.15) is 34.5 Å². The fourth-order valence-corrected chi connectivity index (χ4v) is 3.32. The molecule has 0 saturated carbocycles. The molecule has 1 saturated heterocycles. The molecule has 0 unspecified atom stereocenters. The van der Waals surface area contributed by atoms with Gasteiger partial charge in [-0.15, -0.1) is 0 Å². The Labute approximate surface area is 152 Å². The third-order valence-electron chi connectivity index (χ3n) is 4.58. The maximum atomic E-state index is 12.6. The third-order valence-corrected chi connectivity index (χ3v) is 4.58. The minimum Gasteiger partial charge on any atom is -0.310 e. The number of benzene rings is 1. The van der Waals surface area contributed by atoms with E-state index in [4.69, 9.17) is 0 Å². The van der Waals surface area contributed by atoms with Crippen molar-refractivity contribution in [3.63, 3.8) is 0 Å². The van der Waals surface area contributed by atoms with Crippen molar-refractivity contribution in [3.05, 3.63) is 68.0 Å². The van der Waals surface area contributed by atoms with Gasteiger partial charge in [0.15, 0.2) is 5.78 Å². The molecule has 144 valence electrons. The lowest BCUT2D eigenvalue weighted by atomic mass is 9.89. The van der Waals surface area contributed by atoms with Crippen molar-refractivity contribution in [2.45, 2.75) is 25.6 Å². The minimum absolute atomic E-state index is 0.201. The van der Waals surface area contributed by atoms with Gasteiger partial charge < -0.3 is 4.98 Å². The van der Waals surface area contributed by atoms with Gasteiger partial charge in [-0.05, 0) is 31.5 Å². The van der Waals surface area contributed by atoms with Crippen LogP contribution in [0.4, 0.5) is 13.2 Å². The Morgan fingerprint density at radius 3 is 2.48 bits per heavy atom. The monoisotopic (exact) mass is 381 g/mol. The quantitative estimate of drug-likeness (QED) is 0.795. The van der Waals surface area contributed by atoms with Crippen molar-refractivity contribution in [3.8, 4) is 0 Å². The fourth-order valence-electron chi connectivity index (χ4n) is 3.32. The van der Waals surface area contributed by atoms with Crippen molar-refractivity contribution in [1.82, 2.24) is 14.9 Å². The number of alkyl halides is 3.